The molecule has 2 aromatic rings. The molecule has 0 amide bonds. The lowest BCUT2D eigenvalue weighted by Gasteiger charge is -2.02. The molecule has 17 heavy (non-hydrogen) atoms. The fraction of sp³-hybridized carbons (Fsp3) is 0.250. The second kappa shape index (κ2) is 5.63. The van der Waals surface area contributed by atoms with Crippen molar-refractivity contribution in [3.8, 4) is 0 Å². The highest BCUT2D eigenvalue weighted by Crippen LogP contribution is 2.18. The number of aromatic nitrogens is 3. The maximum absolute atomic E-state index is 4.34. The molecule has 0 bridgehead atoms. The van der Waals surface area contributed by atoms with Gasteiger partial charge in [0.1, 0.15) is 5.82 Å². The van der Waals surface area contributed by atoms with Crippen LogP contribution in [0.2, 0.25) is 0 Å². The lowest BCUT2D eigenvalue weighted by molar-refractivity contribution is 0.931. The predicted molar refractivity (Wildman–Crippen MR) is 70.1 cm³/mol. The van der Waals surface area contributed by atoms with Crippen molar-refractivity contribution < 1.29 is 0 Å². The van der Waals surface area contributed by atoms with Crippen molar-refractivity contribution >= 4 is 17.6 Å². The molecule has 0 atom stereocenters. The molecule has 0 aliphatic rings. The van der Waals surface area contributed by atoms with E-state index in [0.717, 1.165) is 22.4 Å². The van der Waals surface area contributed by atoms with Gasteiger partial charge in [-0.15, -0.1) is 0 Å². The summed E-state index contributed by atoms with van der Waals surface area (Å²) in [6.45, 7) is 1.97. The minimum absolute atomic E-state index is 0.808. The third-order valence-electron chi connectivity index (χ3n) is 2.22. The normalized spacial score (nSPS) is 10.2. The third-order valence-corrected chi connectivity index (χ3v) is 3.15. The smallest absolute Gasteiger partial charge is 0.188 e. The maximum atomic E-state index is 4.34. The number of anilines is 1. The first-order valence-electron chi connectivity index (χ1n) is 5.33. The molecule has 2 rings (SSSR count). The largest absolute Gasteiger partial charge is 0.373 e. The zero-order chi connectivity index (χ0) is 12.1. The zero-order valence-electron chi connectivity index (χ0n) is 9.84. The van der Waals surface area contributed by atoms with Gasteiger partial charge in [0.25, 0.3) is 0 Å². The Morgan fingerprint density at radius 3 is 2.76 bits per heavy atom. The van der Waals surface area contributed by atoms with Gasteiger partial charge < -0.3 is 5.32 Å². The maximum Gasteiger partial charge on any atom is 0.188 e. The Labute approximate surface area is 105 Å². The lowest BCUT2D eigenvalue weighted by atomic mass is 10.3. The Hall–Kier alpha value is -1.62. The first kappa shape index (κ1) is 11.9. The van der Waals surface area contributed by atoms with Crippen LogP contribution in [0.4, 0.5) is 5.82 Å². The Kier molecular flexibility index (Phi) is 3.93. The molecule has 0 aliphatic carbocycles. The van der Waals surface area contributed by atoms with Gasteiger partial charge in [-0.05, 0) is 24.6 Å². The van der Waals surface area contributed by atoms with E-state index in [9.17, 15) is 0 Å². The highest BCUT2D eigenvalue weighted by Gasteiger charge is 2.00. The summed E-state index contributed by atoms with van der Waals surface area (Å²) in [4.78, 5) is 12.8. The zero-order valence-corrected chi connectivity index (χ0v) is 10.7. The van der Waals surface area contributed by atoms with Gasteiger partial charge >= 0.3 is 0 Å². The van der Waals surface area contributed by atoms with Crippen LogP contribution in [0.15, 0.2) is 35.7 Å². The Morgan fingerprint density at radius 2 is 2.12 bits per heavy atom. The van der Waals surface area contributed by atoms with Crippen LogP contribution in [-0.4, -0.2) is 22.0 Å². The molecule has 0 radical (unpaired) electrons. The first-order valence-corrected chi connectivity index (χ1v) is 6.31. The van der Waals surface area contributed by atoms with Crippen molar-refractivity contribution in [3.63, 3.8) is 0 Å². The van der Waals surface area contributed by atoms with E-state index < -0.39 is 0 Å². The molecule has 88 valence electrons. The van der Waals surface area contributed by atoms with Crippen LogP contribution in [-0.2, 0) is 5.75 Å². The average molecular weight is 246 g/mol. The molecule has 2 heterocycles. The molecule has 0 aromatic carbocycles. The first-order chi connectivity index (χ1) is 8.28. The van der Waals surface area contributed by atoms with Crippen molar-refractivity contribution in [1.29, 1.82) is 0 Å². The van der Waals surface area contributed by atoms with E-state index in [1.807, 2.05) is 32.3 Å². The minimum Gasteiger partial charge on any atom is -0.373 e. The van der Waals surface area contributed by atoms with Crippen LogP contribution in [0.5, 0.6) is 0 Å². The van der Waals surface area contributed by atoms with Crippen LogP contribution in [0, 0.1) is 6.92 Å². The molecule has 5 heteroatoms. The van der Waals surface area contributed by atoms with Crippen molar-refractivity contribution in [2.24, 2.45) is 0 Å². The number of pyridine rings is 1. The summed E-state index contributed by atoms with van der Waals surface area (Å²) in [6, 6.07) is 5.92. The number of aryl methyl sites for hydroxylation is 1. The molecular weight excluding hydrogens is 232 g/mol. The number of nitrogens with one attached hydrogen (secondary N) is 1. The third kappa shape index (κ3) is 3.42. The standard InChI is InChI=1S/C12H14N4S/c1-9-5-6-14-12(16-9)17-8-10-3-4-11(13-2)15-7-10/h3-7H,8H2,1-2H3,(H,13,15). The fourth-order valence-corrected chi connectivity index (χ4v) is 2.11. The van der Waals surface area contributed by atoms with Crippen LogP contribution < -0.4 is 5.32 Å². The van der Waals surface area contributed by atoms with E-state index in [0.29, 0.717) is 0 Å². The summed E-state index contributed by atoms with van der Waals surface area (Å²) in [5.41, 5.74) is 2.16. The Balaban J connectivity index is 1.97. The minimum atomic E-state index is 0.808. The van der Waals surface area contributed by atoms with E-state index in [-0.39, 0.29) is 0 Å². The summed E-state index contributed by atoms with van der Waals surface area (Å²) < 4.78 is 0. The van der Waals surface area contributed by atoms with Gasteiger partial charge in [0.2, 0.25) is 0 Å². The number of thioether (sulfide) groups is 1. The average Bonchev–Trinajstić information content (AvgIpc) is 2.37. The molecule has 0 saturated carbocycles. The Bertz CT molecular complexity index is 484. The molecule has 1 N–H and O–H groups in total. The molecule has 0 fully saturated rings. The second-order valence-electron chi connectivity index (χ2n) is 3.57. The second-order valence-corrected chi connectivity index (χ2v) is 4.51. The number of nitrogens with zero attached hydrogens (tertiary/aromatic N) is 3. The van der Waals surface area contributed by atoms with Gasteiger partial charge in [-0.25, -0.2) is 15.0 Å². The summed E-state index contributed by atoms with van der Waals surface area (Å²) in [5, 5.41) is 3.80. The van der Waals surface area contributed by atoms with Crippen molar-refractivity contribution in [2.75, 3.05) is 12.4 Å². The van der Waals surface area contributed by atoms with E-state index in [1.54, 1.807) is 18.0 Å². The van der Waals surface area contributed by atoms with Gasteiger partial charge in [-0.3, -0.25) is 0 Å². The van der Waals surface area contributed by atoms with Crippen molar-refractivity contribution in [1.82, 2.24) is 15.0 Å². The SMILES string of the molecule is CNc1ccc(CSc2nccc(C)n2)cn1. The van der Waals surface area contributed by atoms with Gasteiger partial charge in [-0.1, -0.05) is 17.8 Å². The van der Waals surface area contributed by atoms with E-state index in [1.165, 1.54) is 5.56 Å². The van der Waals surface area contributed by atoms with Crippen molar-refractivity contribution in [3.05, 3.63) is 41.9 Å². The van der Waals surface area contributed by atoms with Crippen LogP contribution in [0.3, 0.4) is 0 Å². The number of hydrogen-bond acceptors (Lipinski definition) is 5. The topological polar surface area (TPSA) is 50.7 Å². The highest BCUT2D eigenvalue weighted by atomic mass is 32.2. The van der Waals surface area contributed by atoms with E-state index in [2.05, 4.69) is 26.3 Å². The lowest BCUT2D eigenvalue weighted by Crippen LogP contribution is -1.93. The highest BCUT2D eigenvalue weighted by molar-refractivity contribution is 7.98. The molecule has 0 spiro atoms. The molecule has 0 aliphatic heterocycles. The molecular formula is C12H14N4S. The van der Waals surface area contributed by atoms with Crippen molar-refractivity contribution in [2.45, 2.75) is 17.8 Å². The monoisotopic (exact) mass is 246 g/mol. The summed E-state index contributed by atoms with van der Waals surface area (Å²) in [5.74, 6) is 1.71. The molecule has 0 unspecified atom stereocenters. The molecule has 2 aromatic heterocycles. The summed E-state index contributed by atoms with van der Waals surface area (Å²) in [7, 11) is 1.86. The quantitative estimate of drug-likeness (QED) is 0.663. The molecule has 4 nitrogen and oxygen atoms in total. The fourth-order valence-electron chi connectivity index (χ4n) is 1.30. The molecule has 0 saturated heterocycles. The summed E-state index contributed by atoms with van der Waals surface area (Å²) in [6.07, 6.45) is 3.65. The van der Waals surface area contributed by atoms with Crippen LogP contribution in [0.25, 0.3) is 0 Å². The predicted octanol–water partition coefficient (Wildman–Crippen LogP) is 2.51. The van der Waals surface area contributed by atoms with Gasteiger partial charge in [0.15, 0.2) is 5.16 Å². The van der Waals surface area contributed by atoms with Gasteiger partial charge in [0.05, 0.1) is 0 Å². The van der Waals surface area contributed by atoms with E-state index in [4.69, 9.17) is 0 Å². The van der Waals surface area contributed by atoms with Crippen LogP contribution >= 0.6 is 11.8 Å². The summed E-state index contributed by atoms with van der Waals surface area (Å²) >= 11 is 1.62. The van der Waals surface area contributed by atoms with Gasteiger partial charge in [0, 0.05) is 30.9 Å². The van der Waals surface area contributed by atoms with Crippen LogP contribution in [0.1, 0.15) is 11.3 Å². The van der Waals surface area contributed by atoms with E-state index >= 15 is 0 Å². The number of rotatable bonds is 4. The van der Waals surface area contributed by atoms with Gasteiger partial charge in [-0.2, -0.15) is 0 Å². The Morgan fingerprint density at radius 1 is 1.24 bits per heavy atom. The number of hydrogen-bond donors (Lipinski definition) is 1.